The van der Waals surface area contributed by atoms with Crippen molar-refractivity contribution in [3.63, 3.8) is 0 Å². The minimum Gasteiger partial charge on any atom is -0.493 e. The zero-order chi connectivity index (χ0) is 14.7. The van der Waals surface area contributed by atoms with E-state index in [9.17, 15) is 0 Å². The van der Waals surface area contributed by atoms with Crippen LogP contribution in [0.5, 0.6) is 5.75 Å². The first-order valence-electron chi connectivity index (χ1n) is 6.43. The van der Waals surface area contributed by atoms with Crippen LogP contribution in [0, 0.1) is 20.8 Å². The lowest BCUT2D eigenvalue weighted by molar-refractivity contribution is 0.321. The van der Waals surface area contributed by atoms with E-state index in [1.807, 2.05) is 19.1 Å². The van der Waals surface area contributed by atoms with E-state index in [0.29, 0.717) is 11.6 Å². The Bertz CT molecular complexity index is 615. The Hall–Kier alpha value is -1.46. The lowest BCUT2D eigenvalue weighted by atomic mass is 10.1. The zero-order valence-electron chi connectivity index (χ0n) is 11.9. The topological polar surface area (TPSA) is 48.1 Å². The first-order valence-corrected chi connectivity index (χ1v) is 7.65. The van der Waals surface area contributed by atoms with Crippen molar-refractivity contribution in [3.8, 4) is 5.75 Å². The summed E-state index contributed by atoms with van der Waals surface area (Å²) in [7, 11) is 0. The molecule has 0 spiro atoms. The molecule has 0 saturated carbocycles. The van der Waals surface area contributed by atoms with E-state index in [1.165, 1.54) is 11.1 Å². The Morgan fingerprint density at radius 2 is 1.90 bits per heavy atom. The van der Waals surface area contributed by atoms with Gasteiger partial charge < -0.3 is 10.5 Å². The maximum atomic E-state index is 5.78. The summed E-state index contributed by atoms with van der Waals surface area (Å²) in [6.45, 7) is 6.67. The molecule has 2 aromatic rings. The summed E-state index contributed by atoms with van der Waals surface area (Å²) in [5, 5.41) is 1.01. The predicted octanol–water partition coefficient (Wildman–Crippen LogP) is 3.32. The molecule has 0 amide bonds. The summed E-state index contributed by atoms with van der Waals surface area (Å²) < 4.78 is 5.78. The van der Waals surface area contributed by atoms with Gasteiger partial charge in [-0.25, -0.2) is 4.98 Å². The lowest BCUT2D eigenvalue weighted by Crippen LogP contribution is -2.08. The maximum absolute atomic E-state index is 5.78. The first kappa shape index (κ1) is 14.9. The fourth-order valence-electron chi connectivity index (χ4n) is 2.06. The second-order valence-corrected chi connectivity index (χ2v) is 6.33. The van der Waals surface area contributed by atoms with Crippen LogP contribution in [-0.2, 0) is 6.42 Å². The smallest absolute Gasteiger partial charge is 0.119 e. The molecule has 0 unspecified atom stereocenters. The van der Waals surface area contributed by atoms with Crippen molar-refractivity contribution in [2.45, 2.75) is 27.2 Å². The molecule has 5 heteroatoms. The van der Waals surface area contributed by atoms with Gasteiger partial charge in [-0.05, 0) is 44.0 Å². The van der Waals surface area contributed by atoms with E-state index in [4.69, 9.17) is 22.7 Å². The third-order valence-corrected chi connectivity index (χ3v) is 4.43. The largest absolute Gasteiger partial charge is 0.493 e. The first-order chi connectivity index (χ1) is 9.45. The number of thiocarbonyl (C=S) groups is 1. The maximum Gasteiger partial charge on any atom is 0.119 e. The fourth-order valence-corrected chi connectivity index (χ4v) is 3.23. The van der Waals surface area contributed by atoms with Crippen molar-refractivity contribution in [1.29, 1.82) is 0 Å². The SMILES string of the molecule is Cc1cc(C)cc(OCCc2nc(C)c(C(N)=S)s2)c1. The standard InChI is InChI=1S/C15H18N2OS2/c1-9-6-10(2)8-12(7-9)18-5-4-13-17-11(3)14(20-13)15(16)19/h6-8H,4-5H2,1-3H3,(H2,16,19). The lowest BCUT2D eigenvalue weighted by Gasteiger charge is -2.07. The van der Waals surface area contributed by atoms with Crippen LogP contribution >= 0.6 is 23.6 Å². The Balaban J connectivity index is 1.96. The predicted molar refractivity (Wildman–Crippen MR) is 87.9 cm³/mol. The molecular weight excluding hydrogens is 288 g/mol. The van der Waals surface area contributed by atoms with Crippen LogP contribution in [0.25, 0.3) is 0 Å². The van der Waals surface area contributed by atoms with Crippen molar-refractivity contribution in [3.05, 3.63) is 44.9 Å². The number of aromatic nitrogens is 1. The van der Waals surface area contributed by atoms with E-state index < -0.39 is 0 Å². The summed E-state index contributed by atoms with van der Waals surface area (Å²) in [5.74, 6) is 0.908. The van der Waals surface area contributed by atoms with Crippen LogP contribution in [0.15, 0.2) is 18.2 Å². The van der Waals surface area contributed by atoms with Gasteiger partial charge in [-0.1, -0.05) is 18.3 Å². The highest BCUT2D eigenvalue weighted by atomic mass is 32.1. The molecule has 0 radical (unpaired) electrons. The van der Waals surface area contributed by atoms with Gasteiger partial charge in [-0.15, -0.1) is 11.3 Å². The average molecular weight is 306 g/mol. The number of nitrogens with two attached hydrogens (primary N) is 1. The second kappa shape index (κ2) is 6.33. The van der Waals surface area contributed by atoms with Gasteiger partial charge in [0.15, 0.2) is 0 Å². The molecule has 0 aliphatic rings. The van der Waals surface area contributed by atoms with Crippen LogP contribution in [-0.4, -0.2) is 16.6 Å². The van der Waals surface area contributed by atoms with Crippen LogP contribution in [0.1, 0.15) is 26.7 Å². The molecule has 1 aromatic heterocycles. The summed E-state index contributed by atoms with van der Waals surface area (Å²) in [4.78, 5) is 5.79. The fraction of sp³-hybridized carbons (Fsp3) is 0.333. The molecular formula is C15H18N2OS2. The number of hydrogen-bond acceptors (Lipinski definition) is 4. The van der Waals surface area contributed by atoms with Gasteiger partial charge in [-0.2, -0.15) is 0 Å². The number of thiazole rings is 1. The van der Waals surface area contributed by atoms with Crippen molar-refractivity contribution in [2.24, 2.45) is 5.73 Å². The molecule has 2 N–H and O–H groups in total. The summed E-state index contributed by atoms with van der Waals surface area (Å²) in [6.07, 6.45) is 0.765. The van der Waals surface area contributed by atoms with Gasteiger partial charge in [0.1, 0.15) is 10.7 Å². The van der Waals surface area contributed by atoms with Crippen molar-refractivity contribution in [2.75, 3.05) is 6.61 Å². The summed E-state index contributed by atoms with van der Waals surface area (Å²) in [6, 6.07) is 6.21. The van der Waals surface area contributed by atoms with Crippen molar-refractivity contribution < 1.29 is 4.74 Å². The van der Waals surface area contributed by atoms with E-state index in [-0.39, 0.29) is 0 Å². The second-order valence-electron chi connectivity index (χ2n) is 4.81. The molecule has 0 fully saturated rings. The molecule has 20 heavy (non-hydrogen) atoms. The molecule has 0 aliphatic heterocycles. The zero-order valence-corrected chi connectivity index (χ0v) is 13.5. The summed E-state index contributed by atoms with van der Waals surface area (Å²) in [5.41, 5.74) is 8.98. The Morgan fingerprint density at radius 3 is 2.45 bits per heavy atom. The molecule has 2 rings (SSSR count). The number of hydrogen-bond donors (Lipinski definition) is 1. The van der Waals surface area contributed by atoms with E-state index >= 15 is 0 Å². The molecule has 0 aliphatic carbocycles. The average Bonchev–Trinajstić information content (AvgIpc) is 2.69. The highest BCUT2D eigenvalue weighted by molar-refractivity contribution is 7.81. The Kier molecular flexibility index (Phi) is 4.73. The van der Waals surface area contributed by atoms with Crippen LogP contribution in [0.3, 0.4) is 0 Å². The number of nitrogens with zero attached hydrogens (tertiary/aromatic N) is 1. The molecule has 106 valence electrons. The molecule has 0 atom stereocenters. The van der Waals surface area contributed by atoms with Crippen molar-refractivity contribution >= 4 is 28.5 Å². The van der Waals surface area contributed by atoms with E-state index in [1.54, 1.807) is 11.3 Å². The molecule has 1 heterocycles. The van der Waals surface area contributed by atoms with Gasteiger partial charge in [0.05, 0.1) is 22.2 Å². The molecule has 1 aromatic carbocycles. The Morgan fingerprint density at radius 1 is 1.25 bits per heavy atom. The monoisotopic (exact) mass is 306 g/mol. The van der Waals surface area contributed by atoms with Crippen molar-refractivity contribution in [1.82, 2.24) is 4.98 Å². The number of ether oxygens (including phenoxy) is 1. The summed E-state index contributed by atoms with van der Waals surface area (Å²) >= 11 is 6.55. The minimum atomic E-state index is 0.418. The molecule has 3 nitrogen and oxygen atoms in total. The number of aryl methyl sites for hydroxylation is 3. The third-order valence-electron chi connectivity index (χ3n) is 2.84. The molecule has 0 saturated heterocycles. The quantitative estimate of drug-likeness (QED) is 0.861. The van der Waals surface area contributed by atoms with Gasteiger partial charge in [0.25, 0.3) is 0 Å². The highest BCUT2D eigenvalue weighted by Crippen LogP contribution is 2.20. The van der Waals surface area contributed by atoms with Gasteiger partial charge in [0, 0.05) is 6.42 Å². The number of benzene rings is 1. The van der Waals surface area contributed by atoms with Crippen LogP contribution in [0.4, 0.5) is 0 Å². The third kappa shape index (κ3) is 3.77. The minimum absolute atomic E-state index is 0.418. The van der Waals surface area contributed by atoms with Crippen LogP contribution in [0.2, 0.25) is 0 Å². The van der Waals surface area contributed by atoms with E-state index in [0.717, 1.165) is 27.7 Å². The van der Waals surface area contributed by atoms with Gasteiger partial charge in [0.2, 0.25) is 0 Å². The Labute approximate surface area is 128 Å². The highest BCUT2D eigenvalue weighted by Gasteiger charge is 2.09. The van der Waals surface area contributed by atoms with Gasteiger partial charge in [-0.3, -0.25) is 0 Å². The normalized spacial score (nSPS) is 10.6. The van der Waals surface area contributed by atoms with Gasteiger partial charge >= 0.3 is 0 Å². The van der Waals surface area contributed by atoms with E-state index in [2.05, 4.69) is 24.9 Å². The van der Waals surface area contributed by atoms with Crippen LogP contribution < -0.4 is 10.5 Å². The number of rotatable bonds is 5. The molecule has 0 bridgehead atoms.